The lowest BCUT2D eigenvalue weighted by Crippen LogP contribution is -2.34. The Morgan fingerprint density at radius 1 is 1.24 bits per heavy atom. The fourth-order valence-electron chi connectivity index (χ4n) is 2.54. The van der Waals surface area contributed by atoms with Gasteiger partial charge in [-0.3, -0.25) is 4.79 Å². The van der Waals surface area contributed by atoms with Crippen LogP contribution < -0.4 is 10.6 Å². The van der Waals surface area contributed by atoms with E-state index in [4.69, 9.17) is 23.8 Å². The first kappa shape index (κ1) is 19.7. The summed E-state index contributed by atoms with van der Waals surface area (Å²) in [5, 5.41) is 16.4. The van der Waals surface area contributed by atoms with Gasteiger partial charge in [-0.1, -0.05) is 39.7 Å². The lowest BCUT2D eigenvalue weighted by molar-refractivity contribution is -0.137. The summed E-state index contributed by atoms with van der Waals surface area (Å²) in [5.41, 5.74) is 3.79. The second kappa shape index (κ2) is 8.65. The first-order chi connectivity index (χ1) is 11.8. The van der Waals surface area contributed by atoms with Gasteiger partial charge in [-0.15, -0.1) is 0 Å². The minimum Gasteiger partial charge on any atom is -0.481 e. The number of rotatable bonds is 5. The van der Waals surface area contributed by atoms with E-state index in [0.717, 1.165) is 26.9 Å². The van der Waals surface area contributed by atoms with Crippen LogP contribution in [-0.2, 0) is 4.79 Å². The fraction of sp³-hybridized carbons (Fsp3) is 0.222. The number of aliphatic carboxylic acids is 1. The SMILES string of the molecule is Cc1cc(Br)cc(C)c1NC(=S)N[C@@H](CC(=O)O)c1ccc(Cl)cc1. The largest absolute Gasteiger partial charge is 0.481 e. The van der Waals surface area contributed by atoms with Gasteiger partial charge >= 0.3 is 5.97 Å². The molecule has 2 aromatic rings. The predicted octanol–water partition coefficient (Wildman–Crippen LogP) is 5.22. The van der Waals surface area contributed by atoms with E-state index in [1.807, 2.05) is 26.0 Å². The van der Waals surface area contributed by atoms with E-state index in [0.29, 0.717) is 10.1 Å². The van der Waals surface area contributed by atoms with Crippen molar-refractivity contribution in [2.45, 2.75) is 26.3 Å². The van der Waals surface area contributed by atoms with Gasteiger partial charge in [0, 0.05) is 15.2 Å². The molecule has 132 valence electrons. The molecule has 25 heavy (non-hydrogen) atoms. The van der Waals surface area contributed by atoms with E-state index in [1.54, 1.807) is 24.3 Å². The molecule has 0 aromatic heterocycles. The molecule has 0 aliphatic rings. The molecule has 0 saturated carbocycles. The van der Waals surface area contributed by atoms with Crippen LogP contribution >= 0.6 is 39.7 Å². The minimum absolute atomic E-state index is 0.0955. The Morgan fingerprint density at radius 3 is 2.32 bits per heavy atom. The summed E-state index contributed by atoms with van der Waals surface area (Å²) in [6.07, 6.45) is -0.0955. The zero-order valence-electron chi connectivity index (χ0n) is 13.8. The molecule has 3 N–H and O–H groups in total. The average Bonchev–Trinajstić information content (AvgIpc) is 2.50. The second-order valence-corrected chi connectivity index (χ2v) is 7.48. The summed E-state index contributed by atoms with van der Waals surface area (Å²) in [4.78, 5) is 11.2. The molecule has 7 heteroatoms. The van der Waals surface area contributed by atoms with Crippen molar-refractivity contribution in [3.63, 3.8) is 0 Å². The van der Waals surface area contributed by atoms with Gasteiger partial charge in [0.2, 0.25) is 0 Å². The topological polar surface area (TPSA) is 61.4 Å². The maximum atomic E-state index is 11.2. The molecule has 1 atom stereocenters. The smallest absolute Gasteiger partial charge is 0.305 e. The van der Waals surface area contributed by atoms with Crippen molar-refractivity contribution in [3.05, 3.63) is 62.6 Å². The van der Waals surface area contributed by atoms with Crippen LogP contribution in [0.15, 0.2) is 40.9 Å². The highest BCUT2D eigenvalue weighted by Crippen LogP contribution is 2.26. The fourth-order valence-corrected chi connectivity index (χ4v) is 3.59. The van der Waals surface area contributed by atoms with Crippen LogP contribution in [0, 0.1) is 13.8 Å². The van der Waals surface area contributed by atoms with E-state index < -0.39 is 12.0 Å². The van der Waals surface area contributed by atoms with Crippen molar-refractivity contribution in [1.82, 2.24) is 5.32 Å². The molecule has 0 fully saturated rings. The van der Waals surface area contributed by atoms with Gasteiger partial charge in [0.1, 0.15) is 0 Å². The molecule has 0 unspecified atom stereocenters. The van der Waals surface area contributed by atoms with Crippen molar-refractivity contribution in [2.75, 3.05) is 5.32 Å². The van der Waals surface area contributed by atoms with Crippen LogP contribution in [0.1, 0.15) is 29.2 Å². The van der Waals surface area contributed by atoms with Crippen LogP contribution in [0.2, 0.25) is 5.02 Å². The van der Waals surface area contributed by atoms with Crippen LogP contribution in [0.3, 0.4) is 0 Å². The van der Waals surface area contributed by atoms with Gasteiger partial charge in [0.25, 0.3) is 0 Å². The Hall–Kier alpha value is -1.63. The third kappa shape index (κ3) is 5.70. The van der Waals surface area contributed by atoms with Gasteiger partial charge in [0.15, 0.2) is 5.11 Å². The number of nitrogens with one attached hydrogen (secondary N) is 2. The predicted molar refractivity (Wildman–Crippen MR) is 109 cm³/mol. The van der Waals surface area contributed by atoms with Gasteiger partial charge in [-0.05, 0) is 67.0 Å². The zero-order chi connectivity index (χ0) is 18.6. The Bertz CT molecular complexity index is 773. The Balaban J connectivity index is 2.17. The number of hydrogen-bond acceptors (Lipinski definition) is 2. The summed E-state index contributed by atoms with van der Waals surface area (Å²) >= 11 is 14.8. The molecule has 2 aromatic carbocycles. The highest BCUT2D eigenvalue weighted by Gasteiger charge is 2.17. The molecular weight excluding hydrogens is 424 g/mol. The first-order valence-corrected chi connectivity index (χ1v) is 9.15. The molecule has 0 bridgehead atoms. The summed E-state index contributed by atoms with van der Waals surface area (Å²) in [6, 6.07) is 10.6. The third-order valence-electron chi connectivity index (χ3n) is 3.69. The second-order valence-electron chi connectivity index (χ2n) is 5.72. The third-order valence-corrected chi connectivity index (χ3v) is 4.62. The summed E-state index contributed by atoms with van der Waals surface area (Å²) in [7, 11) is 0. The van der Waals surface area contributed by atoms with Crippen molar-refractivity contribution in [1.29, 1.82) is 0 Å². The summed E-state index contributed by atoms with van der Waals surface area (Å²) < 4.78 is 0.997. The molecule has 4 nitrogen and oxygen atoms in total. The van der Waals surface area contributed by atoms with E-state index in [1.165, 1.54) is 0 Å². The number of aryl methyl sites for hydroxylation is 2. The number of carboxylic acid groups (broad SMARTS) is 1. The van der Waals surface area contributed by atoms with Crippen molar-refractivity contribution < 1.29 is 9.90 Å². The minimum atomic E-state index is -0.911. The van der Waals surface area contributed by atoms with Gasteiger partial charge in [-0.2, -0.15) is 0 Å². The summed E-state index contributed by atoms with van der Waals surface area (Å²) in [5.74, 6) is -0.911. The Morgan fingerprint density at radius 2 is 1.80 bits per heavy atom. The van der Waals surface area contributed by atoms with E-state index in [-0.39, 0.29) is 6.42 Å². The number of halogens is 2. The molecule has 0 spiro atoms. The van der Waals surface area contributed by atoms with Crippen LogP contribution in [0.4, 0.5) is 5.69 Å². The quantitative estimate of drug-likeness (QED) is 0.555. The Kier molecular flexibility index (Phi) is 6.81. The maximum Gasteiger partial charge on any atom is 0.305 e. The number of hydrogen-bond donors (Lipinski definition) is 3. The van der Waals surface area contributed by atoms with Crippen LogP contribution in [-0.4, -0.2) is 16.2 Å². The van der Waals surface area contributed by atoms with Crippen molar-refractivity contribution >= 4 is 56.5 Å². The number of carboxylic acids is 1. The normalized spacial score (nSPS) is 11.7. The molecule has 2 rings (SSSR count). The lowest BCUT2D eigenvalue weighted by Gasteiger charge is -2.21. The lowest BCUT2D eigenvalue weighted by atomic mass is 10.0. The van der Waals surface area contributed by atoms with E-state index in [9.17, 15) is 9.90 Å². The number of benzene rings is 2. The molecule has 0 radical (unpaired) electrons. The molecule has 0 amide bonds. The maximum absolute atomic E-state index is 11.2. The molecule has 0 saturated heterocycles. The van der Waals surface area contributed by atoms with Gasteiger partial charge in [0.05, 0.1) is 12.5 Å². The monoisotopic (exact) mass is 440 g/mol. The highest BCUT2D eigenvalue weighted by molar-refractivity contribution is 9.10. The zero-order valence-corrected chi connectivity index (χ0v) is 16.9. The number of thiocarbonyl (C=S) groups is 1. The van der Waals surface area contributed by atoms with Crippen LogP contribution in [0.5, 0.6) is 0 Å². The Labute approximate surface area is 165 Å². The van der Waals surface area contributed by atoms with Crippen molar-refractivity contribution in [2.24, 2.45) is 0 Å². The van der Waals surface area contributed by atoms with Gasteiger partial charge in [-0.25, -0.2) is 0 Å². The summed E-state index contributed by atoms with van der Waals surface area (Å²) in [6.45, 7) is 3.97. The average molecular weight is 442 g/mol. The molecular formula is C18H18BrClN2O2S. The van der Waals surface area contributed by atoms with Crippen molar-refractivity contribution in [3.8, 4) is 0 Å². The van der Waals surface area contributed by atoms with E-state index in [2.05, 4.69) is 26.6 Å². The molecule has 0 heterocycles. The van der Waals surface area contributed by atoms with E-state index >= 15 is 0 Å². The number of anilines is 1. The first-order valence-electron chi connectivity index (χ1n) is 7.58. The number of carbonyl (C=O) groups is 1. The van der Waals surface area contributed by atoms with Crippen LogP contribution in [0.25, 0.3) is 0 Å². The van der Waals surface area contributed by atoms with Gasteiger partial charge < -0.3 is 15.7 Å². The molecule has 0 aliphatic heterocycles. The standard InChI is InChI=1S/C18H18BrClN2O2S/c1-10-7-13(19)8-11(2)17(10)22-18(25)21-15(9-16(23)24)12-3-5-14(20)6-4-12/h3-8,15H,9H2,1-2H3,(H,23,24)(H2,21,22,25)/t15-/m0/s1. The highest BCUT2D eigenvalue weighted by atomic mass is 79.9. The molecule has 0 aliphatic carbocycles.